The molecule has 1 aliphatic heterocycles. The van der Waals surface area contributed by atoms with E-state index in [0.717, 1.165) is 26.7 Å². The van der Waals surface area contributed by atoms with Crippen molar-refractivity contribution in [1.29, 1.82) is 0 Å². The molecule has 3 rings (SSSR count). The molecule has 0 radical (unpaired) electrons. The fraction of sp³-hybridized carbons (Fsp3) is 0.235. The monoisotopic (exact) mass is 439 g/mol. The molecule has 0 bridgehead atoms. The minimum Gasteiger partial charge on any atom is -0.493 e. The predicted octanol–water partition coefficient (Wildman–Crippen LogP) is 4.23. The van der Waals surface area contributed by atoms with E-state index in [1.807, 2.05) is 42.5 Å². The van der Waals surface area contributed by atoms with Gasteiger partial charge in [0.2, 0.25) is 0 Å². The predicted molar refractivity (Wildman–Crippen MR) is 94.8 cm³/mol. The molecule has 1 unspecified atom stereocenters. The van der Waals surface area contributed by atoms with E-state index in [9.17, 15) is 4.79 Å². The van der Waals surface area contributed by atoms with Gasteiger partial charge in [-0.3, -0.25) is 4.79 Å². The molecule has 6 heteroatoms. The molecule has 23 heavy (non-hydrogen) atoms. The van der Waals surface area contributed by atoms with Crippen molar-refractivity contribution in [3.63, 3.8) is 0 Å². The van der Waals surface area contributed by atoms with E-state index in [2.05, 4.69) is 37.2 Å². The number of carbonyl (C=O) groups is 1. The maximum atomic E-state index is 12.1. The molecule has 0 aromatic heterocycles. The molecule has 1 atom stereocenters. The molecule has 4 nitrogen and oxygen atoms in total. The summed E-state index contributed by atoms with van der Waals surface area (Å²) in [5.41, 5.74) is 0.989. The number of rotatable bonds is 4. The van der Waals surface area contributed by atoms with Crippen LogP contribution in [-0.2, 0) is 4.79 Å². The number of amides is 1. The van der Waals surface area contributed by atoms with Gasteiger partial charge in [-0.05, 0) is 42.5 Å². The molecular formula is C17H15Br2NO3. The number of hydrogen-bond donors (Lipinski definition) is 1. The quantitative estimate of drug-likeness (QED) is 0.773. The van der Waals surface area contributed by atoms with Crippen molar-refractivity contribution < 1.29 is 14.3 Å². The van der Waals surface area contributed by atoms with Crippen LogP contribution in [0.3, 0.4) is 0 Å². The van der Waals surface area contributed by atoms with Crippen LogP contribution in [-0.4, -0.2) is 19.1 Å². The van der Waals surface area contributed by atoms with Gasteiger partial charge < -0.3 is 14.8 Å². The van der Waals surface area contributed by atoms with Gasteiger partial charge in [0.05, 0.1) is 12.6 Å². The van der Waals surface area contributed by atoms with Gasteiger partial charge in [-0.25, -0.2) is 0 Å². The molecule has 1 heterocycles. The lowest BCUT2D eigenvalue weighted by atomic mass is 10.0. The van der Waals surface area contributed by atoms with Crippen LogP contribution in [0.15, 0.2) is 51.4 Å². The summed E-state index contributed by atoms with van der Waals surface area (Å²) >= 11 is 6.82. The first kappa shape index (κ1) is 16.3. The number of ether oxygens (including phenoxy) is 2. The number of carbonyl (C=O) groups excluding carboxylic acids is 1. The summed E-state index contributed by atoms with van der Waals surface area (Å²) in [6.45, 7) is 0.579. The topological polar surface area (TPSA) is 47.6 Å². The van der Waals surface area contributed by atoms with Gasteiger partial charge in [0.25, 0.3) is 5.91 Å². The van der Waals surface area contributed by atoms with Gasteiger partial charge in [-0.2, -0.15) is 0 Å². The van der Waals surface area contributed by atoms with Crippen molar-refractivity contribution in [2.45, 2.75) is 12.5 Å². The molecular weight excluding hydrogens is 426 g/mol. The Morgan fingerprint density at radius 1 is 1.17 bits per heavy atom. The van der Waals surface area contributed by atoms with Gasteiger partial charge in [0.15, 0.2) is 6.61 Å². The SMILES string of the molecule is O=C(COc1ccc(Br)cc1)NC1CCOc2ccc(Br)cc21. The molecule has 0 saturated heterocycles. The van der Waals surface area contributed by atoms with E-state index < -0.39 is 0 Å². The highest BCUT2D eigenvalue weighted by Crippen LogP contribution is 2.34. The minimum atomic E-state index is -0.147. The first-order chi connectivity index (χ1) is 11.1. The standard InChI is InChI=1S/C17H15Br2NO3/c18-11-1-4-13(5-2-11)23-10-17(21)20-15-7-8-22-16-6-3-12(19)9-14(15)16/h1-6,9,15H,7-8,10H2,(H,20,21). The zero-order valence-electron chi connectivity index (χ0n) is 12.2. The lowest BCUT2D eigenvalue weighted by molar-refractivity contribution is -0.124. The number of hydrogen-bond acceptors (Lipinski definition) is 3. The highest BCUT2D eigenvalue weighted by Gasteiger charge is 2.23. The Hall–Kier alpha value is -1.53. The van der Waals surface area contributed by atoms with E-state index in [1.165, 1.54) is 0 Å². The van der Waals surface area contributed by atoms with Crippen LogP contribution < -0.4 is 14.8 Å². The molecule has 1 amide bonds. The van der Waals surface area contributed by atoms with Crippen molar-refractivity contribution in [3.05, 3.63) is 57.0 Å². The first-order valence-electron chi connectivity index (χ1n) is 7.22. The number of benzene rings is 2. The van der Waals surface area contributed by atoms with Crippen LogP contribution in [0.4, 0.5) is 0 Å². The highest BCUT2D eigenvalue weighted by molar-refractivity contribution is 9.10. The van der Waals surface area contributed by atoms with E-state index in [1.54, 1.807) is 0 Å². The second kappa shape index (κ2) is 7.36. The van der Waals surface area contributed by atoms with Crippen LogP contribution in [0, 0.1) is 0 Å². The van der Waals surface area contributed by atoms with Crippen LogP contribution in [0.25, 0.3) is 0 Å². The summed E-state index contributed by atoms with van der Waals surface area (Å²) in [5.74, 6) is 1.34. The van der Waals surface area contributed by atoms with Crippen LogP contribution in [0.2, 0.25) is 0 Å². The summed E-state index contributed by atoms with van der Waals surface area (Å²) in [4.78, 5) is 12.1. The largest absolute Gasteiger partial charge is 0.493 e. The zero-order valence-corrected chi connectivity index (χ0v) is 15.4. The second-order valence-corrected chi connectivity index (χ2v) is 7.01. The molecule has 1 N–H and O–H groups in total. The van der Waals surface area contributed by atoms with E-state index >= 15 is 0 Å². The van der Waals surface area contributed by atoms with Crippen LogP contribution in [0.1, 0.15) is 18.0 Å². The van der Waals surface area contributed by atoms with Crippen molar-refractivity contribution in [2.24, 2.45) is 0 Å². The van der Waals surface area contributed by atoms with E-state index in [0.29, 0.717) is 12.4 Å². The molecule has 0 fully saturated rings. The van der Waals surface area contributed by atoms with E-state index in [4.69, 9.17) is 9.47 Å². The van der Waals surface area contributed by atoms with Gasteiger partial charge in [0, 0.05) is 20.9 Å². The summed E-state index contributed by atoms with van der Waals surface area (Å²) in [5, 5.41) is 3.01. The number of halogens is 2. The minimum absolute atomic E-state index is 0.0116. The summed E-state index contributed by atoms with van der Waals surface area (Å²) in [7, 11) is 0. The molecule has 2 aromatic carbocycles. The smallest absolute Gasteiger partial charge is 0.258 e. The first-order valence-corrected chi connectivity index (χ1v) is 8.80. The maximum Gasteiger partial charge on any atom is 0.258 e. The Kier molecular flexibility index (Phi) is 5.23. The van der Waals surface area contributed by atoms with Gasteiger partial charge in [-0.15, -0.1) is 0 Å². The molecule has 1 aliphatic rings. The average molecular weight is 441 g/mol. The lowest BCUT2D eigenvalue weighted by Crippen LogP contribution is -2.35. The van der Waals surface area contributed by atoms with E-state index in [-0.39, 0.29) is 18.6 Å². The van der Waals surface area contributed by atoms with Crippen molar-refractivity contribution in [1.82, 2.24) is 5.32 Å². The molecule has 0 saturated carbocycles. The number of fused-ring (bicyclic) bond motifs is 1. The Labute approximate surface area is 151 Å². The van der Waals surface area contributed by atoms with Crippen molar-refractivity contribution in [2.75, 3.05) is 13.2 Å². The average Bonchev–Trinajstić information content (AvgIpc) is 2.55. The summed E-state index contributed by atoms with van der Waals surface area (Å²) in [6, 6.07) is 13.2. The molecule has 120 valence electrons. The summed E-state index contributed by atoms with van der Waals surface area (Å²) < 4.78 is 13.1. The fourth-order valence-corrected chi connectivity index (χ4v) is 3.07. The summed E-state index contributed by atoms with van der Waals surface area (Å²) in [6.07, 6.45) is 0.744. The molecule has 0 aliphatic carbocycles. The normalized spacial score (nSPS) is 16.2. The Morgan fingerprint density at radius 3 is 2.70 bits per heavy atom. The van der Waals surface area contributed by atoms with Crippen molar-refractivity contribution >= 4 is 37.8 Å². The fourth-order valence-electron chi connectivity index (χ4n) is 2.43. The van der Waals surface area contributed by atoms with Crippen LogP contribution in [0.5, 0.6) is 11.5 Å². The third-order valence-corrected chi connectivity index (χ3v) is 4.55. The molecule has 0 spiro atoms. The third-order valence-electron chi connectivity index (χ3n) is 3.53. The van der Waals surface area contributed by atoms with Crippen molar-refractivity contribution in [3.8, 4) is 11.5 Å². The van der Waals surface area contributed by atoms with Gasteiger partial charge in [-0.1, -0.05) is 31.9 Å². The Bertz CT molecular complexity index is 703. The Balaban J connectivity index is 1.60. The molecule has 2 aromatic rings. The van der Waals surface area contributed by atoms with Crippen LogP contribution >= 0.6 is 31.9 Å². The highest BCUT2D eigenvalue weighted by atomic mass is 79.9. The van der Waals surface area contributed by atoms with Gasteiger partial charge in [0.1, 0.15) is 11.5 Å². The Morgan fingerprint density at radius 2 is 1.91 bits per heavy atom. The number of nitrogens with one attached hydrogen (secondary N) is 1. The van der Waals surface area contributed by atoms with Gasteiger partial charge >= 0.3 is 0 Å². The zero-order chi connectivity index (χ0) is 16.2. The second-order valence-electron chi connectivity index (χ2n) is 5.18. The third kappa shape index (κ3) is 4.26. The maximum absolute atomic E-state index is 12.1. The lowest BCUT2D eigenvalue weighted by Gasteiger charge is -2.27.